The zero-order valence-corrected chi connectivity index (χ0v) is 19.4. The van der Waals surface area contributed by atoms with Gasteiger partial charge in [0.2, 0.25) is 10.0 Å². The van der Waals surface area contributed by atoms with E-state index in [1.807, 2.05) is 0 Å². The van der Waals surface area contributed by atoms with E-state index in [2.05, 4.69) is 5.48 Å². The van der Waals surface area contributed by atoms with Gasteiger partial charge in [0.05, 0.1) is 22.7 Å². The number of carbonyl (C=O) groups is 1. The van der Waals surface area contributed by atoms with E-state index in [4.69, 9.17) is 14.3 Å². The van der Waals surface area contributed by atoms with Crippen molar-refractivity contribution in [1.82, 2.24) is 9.79 Å². The van der Waals surface area contributed by atoms with Crippen LogP contribution in [0.5, 0.6) is 0 Å². The number of piperidine rings is 1. The van der Waals surface area contributed by atoms with Gasteiger partial charge in [-0.3, -0.25) is 4.79 Å². The predicted octanol–water partition coefficient (Wildman–Crippen LogP) is 3.38. The molecule has 0 aromatic heterocycles. The van der Waals surface area contributed by atoms with Crippen LogP contribution in [0, 0.1) is 0 Å². The Morgan fingerprint density at radius 1 is 0.938 bits per heavy atom. The summed E-state index contributed by atoms with van der Waals surface area (Å²) in [6.07, 6.45) is 9.81. The maximum atomic E-state index is 13.4. The third-order valence-electron chi connectivity index (χ3n) is 6.51. The smallest absolute Gasteiger partial charge is 0.276 e. The largest absolute Gasteiger partial charge is 0.375 e. The van der Waals surface area contributed by atoms with Crippen molar-refractivity contribution < 1.29 is 27.5 Å². The molecule has 178 valence electrons. The maximum absolute atomic E-state index is 13.4. The summed E-state index contributed by atoms with van der Waals surface area (Å²) in [5.41, 5.74) is 2.44. The average molecular weight is 467 g/mol. The summed E-state index contributed by atoms with van der Waals surface area (Å²) < 4.78 is 39.9. The van der Waals surface area contributed by atoms with E-state index in [0.29, 0.717) is 45.1 Å². The molecule has 1 unspecified atom stereocenters. The molecule has 0 spiro atoms. The SMILES string of the molecule is O=C(NOC1CCCCO1)c1ccccc1S(=O)(=O)N1CCC(OC2CCCCC2)CC1. The minimum Gasteiger partial charge on any atom is -0.375 e. The molecule has 1 aliphatic carbocycles. The fourth-order valence-electron chi connectivity index (χ4n) is 4.68. The molecule has 8 nitrogen and oxygen atoms in total. The molecule has 9 heteroatoms. The van der Waals surface area contributed by atoms with E-state index in [1.165, 1.54) is 35.7 Å². The van der Waals surface area contributed by atoms with Crippen molar-refractivity contribution in [2.75, 3.05) is 19.7 Å². The Balaban J connectivity index is 1.36. The van der Waals surface area contributed by atoms with Gasteiger partial charge in [-0.05, 0) is 50.7 Å². The number of rotatable bonds is 7. The van der Waals surface area contributed by atoms with Gasteiger partial charge in [-0.1, -0.05) is 31.4 Å². The second kappa shape index (κ2) is 11.1. The van der Waals surface area contributed by atoms with Crippen molar-refractivity contribution in [3.05, 3.63) is 29.8 Å². The number of carbonyl (C=O) groups excluding carboxylic acids is 1. The van der Waals surface area contributed by atoms with E-state index in [0.717, 1.165) is 25.7 Å². The third kappa shape index (κ3) is 5.88. The number of sulfonamides is 1. The van der Waals surface area contributed by atoms with Gasteiger partial charge in [0.15, 0.2) is 6.29 Å². The summed E-state index contributed by atoms with van der Waals surface area (Å²) in [7, 11) is -3.81. The summed E-state index contributed by atoms with van der Waals surface area (Å²) in [5.74, 6) is -0.589. The highest BCUT2D eigenvalue weighted by Crippen LogP contribution is 2.28. The van der Waals surface area contributed by atoms with Crippen LogP contribution in [0.25, 0.3) is 0 Å². The minimum absolute atomic E-state index is 0.00249. The Morgan fingerprint density at radius 2 is 1.62 bits per heavy atom. The number of benzene rings is 1. The number of ether oxygens (including phenoxy) is 2. The molecule has 3 aliphatic rings. The molecular formula is C23H34N2O6S. The van der Waals surface area contributed by atoms with E-state index in [-0.39, 0.29) is 16.6 Å². The first-order valence-electron chi connectivity index (χ1n) is 11.9. The monoisotopic (exact) mass is 466 g/mol. The minimum atomic E-state index is -3.81. The van der Waals surface area contributed by atoms with Gasteiger partial charge in [-0.15, -0.1) is 0 Å². The van der Waals surface area contributed by atoms with Crippen molar-refractivity contribution in [1.29, 1.82) is 0 Å². The maximum Gasteiger partial charge on any atom is 0.276 e. The van der Waals surface area contributed by atoms with Crippen LogP contribution in [0.4, 0.5) is 0 Å². The number of nitrogens with one attached hydrogen (secondary N) is 1. The molecule has 2 aliphatic heterocycles. The van der Waals surface area contributed by atoms with E-state index in [1.54, 1.807) is 12.1 Å². The second-order valence-corrected chi connectivity index (χ2v) is 10.7. The van der Waals surface area contributed by atoms with Crippen molar-refractivity contribution in [3.63, 3.8) is 0 Å². The Morgan fingerprint density at radius 3 is 2.34 bits per heavy atom. The molecule has 3 fully saturated rings. The molecule has 32 heavy (non-hydrogen) atoms. The molecule has 1 aromatic rings. The van der Waals surface area contributed by atoms with Gasteiger partial charge in [-0.2, -0.15) is 4.31 Å². The third-order valence-corrected chi connectivity index (χ3v) is 8.47. The summed E-state index contributed by atoms with van der Waals surface area (Å²) in [5, 5.41) is 0. The van der Waals surface area contributed by atoms with E-state index in [9.17, 15) is 13.2 Å². The van der Waals surface area contributed by atoms with Gasteiger partial charge >= 0.3 is 0 Å². The van der Waals surface area contributed by atoms with Crippen LogP contribution < -0.4 is 5.48 Å². The highest BCUT2D eigenvalue weighted by atomic mass is 32.2. The molecule has 4 rings (SSSR count). The van der Waals surface area contributed by atoms with E-state index < -0.39 is 22.2 Å². The molecule has 1 atom stereocenters. The summed E-state index contributed by atoms with van der Waals surface area (Å²) >= 11 is 0. The van der Waals surface area contributed by atoms with Gasteiger partial charge in [-0.25, -0.2) is 18.7 Å². The zero-order chi connectivity index (χ0) is 22.4. The topological polar surface area (TPSA) is 94.2 Å². The molecule has 0 radical (unpaired) electrons. The summed E-state index contributed by atoms with van der Waals surface area (Å²) in [6.45, 7) is 1.37. The fraction of sp³-hybridized carbons (Fsp3) is 0.696. The van der Waals surface area contributed by atoms with Crippen molar-refractivity contribution in [2.24, 2.45) is 0 Å². The normalized spacial score (nSPS) is 24.3. The van der Waals surface area contributed by atoms with Crippen molar-refractivity contribution in [3.8, 4) is 0 Å². The fourth-order valence-corrected chi connectivity index (χ4v) is 6.34. The lowest BCUT2D eigenvalue weighted by Gasteiger charge is -2.34. The molecule has 1 amide bonds. The molecular weight excluding hydrogens is 432 g/mol. The average Bonchev–Trinajstić information content (AvgIpc) is 2.84. The van der Waals surface area contributed by atoms with Crippen LogP contribution in [0.2, 0.25) is 0 Å². The van der Waals surface area contributed by atoms with Crippen LogP contribution in [-0.4, -0.2) is 56.8 Å². The van der Waals surface area contributed by atoms with E-state index >= 15 is 0 Å². The standard InChI is InChI=1S/C23H34N2O6S/c26-23(24-31-22-12-6-7-17-29-22)20-10-4-5-11-21(20)32(27,28)25-15-13-19(14-16-25)30-18-8-2-1-3-9-18/h4-5,10-11,18-19,22H,1-3,6-9,12-17H2,(H,24,26). The quantitative estimate of drug-likeness (QED) is 0.619. The lowest BCUT2D eigenvalue weighted by atomic mass is 9.97. The predicted molar refractivity (Wildman–Crippen MR) is 118 cm³/mol. The Labute approximate surface area is 190 Å². The Bertz CT molecular complexity index is 857. The first kappa shape index (κ1) is 23.6. The summed E-state index contributed by atoms with van der Waals surface area (Å²) in [6, 6.07) is 6.27. The van der Waals surface area contributed by atoms with Gasteiger partial charge in [0.25, 0.3) is 5.91 Å². The number of hydrogen-bond acceptors (Lipinski definition) is 6. The van der Waals surface area contributed by atoms with Gasteiger partial charge in [0, 0.05) is 26.1 Å². The van der Waals surface area contributed by atoms with Crippen LogP contribution in [0.15, 0.2) is 29.2 Å². The number of amides is 1. The molecule has 0 bridgehead atoms. The molecule has 2 saturated heterocycles. The molecule has 1 aromatic carbocycles. The zero-order valence-electron chi connectivity index (χ0n) is 18.5. The first-order valence-corrected chi connectivity index (χ1v) is 13.3. The number of hydrogen-bond donors (Lipinski definition) is 1. The lowest BCUT2D eigenvalue weighted by Crippen LogP contribution is -2.42. The van der Waals surface area contributed by atoms with Crippen LogP contribution in [0.3, 0.4) is 0 Å². The highest BCUT2D eigenvalue weighted by molar-refractivity contribution is 7.89. The molecule has 1 saturated carbocycles. The number of hydroxylamine groups is 1. The highest BCUT2D eigenvalue weighted by Gasteiger charge is 2.33. The van der Waals surface area contributed by atoms with Crippen molar-refractivity contribution >= 4 is 15.9 Å². The van der Waals surface area contributed by atoms with Gasteiger partial charge < -0.3 is 9.47 Å². The van der Waals surface area contributed by atoms with Gasteiger partial charge in [0.1, 0.15) is 0 Å². The summed E-state index contributed by atoms with van der Waals surface area (Å²) in [4.78, 5) is 18.1. The second-order valence-electron chi connectivity index (χ2n) is 8.84. The Kier molecular flexibility index (Phi) is 8.17. The first-order chi connectivity index (χ1) is 15.5. The Hall–Kier alpha value is -1.52. The van der Waals surface area contributed by atoms with Crippen LogP contribution in [-0.2, 0) is 24.3 Å². The number of nitrogens with zero attached hydrogens (tertiary/aromatic N) is 1. The molecule has 2 heterocycles. The van der Waals surface area contributed by atoms with Crippen LogP contribution in [0.1, 0.15) is 74.6 Å². The lowest BCUT2D eigenvalue weighted by molar-refractivity contribution is -0.186. The van der Waals surface area contributed by atoms with Crippen molar-refractivity contribution in [2.45, 2.75) is 87.6 Å². The van der Waals surface area contributed by atoms with Crippen LogP contribution >= 0.6 is 0 Å². The molecule has 1 N–H and O–H groups in total.